The van der Waals surface area contributed by atoms with Crippen molar-refractivity contribution < 1.29 is 8.42 Å². The highest BCUT2D eigenvalue weighted by molar-refractivity contribution is 9.11. The predicted molar refractivity (Wildman–Crippen MR) is 94.7 cm³/mol. The number of halogens is 3. The summed E-state index contributed by atoms with van der Waals surface area (Å²) in [5.41, 5.74) is 0.333. The molecule has 2 N–H and O–H groups in total. The highest BCUT2D eigenvalue weighted by atomic mass is 79.9. The molecular formula is C12H11Br2ClN2O2S2. The summed E-state index contributed by atoms with van der Waals surface area (Å²) in [4.78, 5) is 1.12. The van der Waals surface area contributed by atoms with E-state index in [0.29, 0.717) is 21.0 Å². The Balaban J connectivity index is 2.36. The van der Waals surface area contributed by atoms with Crippen LogP contribution in [-0.4, -0.2) is 15.5 Å². The van der Waals surface area contributed by atoms with Crippen LogP contribution < -0.4 is 10.0 Å². The molecule has 1 heterocycles. The number of anilines is 1. The second-order valence-electron chi connectivity index (χ2n) is 4.11. The standard InChI is InChI=1S/C12H11Br2ClN2O2S2/c1-16-6-8-5-11(12(14)20-8)21(18,19)17-10-4-7(13)2-3-9(10)15/h2-5,16-17H,6H2,1H3. The maximum atomic E-state index is 12.5. The Morgan fingerprint density at radius 2 is 2.00 bits per heavy atom. The molecule has 0 aliphatic carbocycles. The first-order valence-electron chi connectivity index (χ1n) is 5.74. The monoisotopic (exact) mass is 472 g/mol. The zero-order chi connectivity index (χ0) is 15.6. The molecule has 0 saturated carbocycles. The van der Waals surface area contributed by atoms with E-state index in [4.69, 9.17) is 11.6 Å². The van der Waals surface area contributed by atoms with Gasteiger partial charge in [0.1, 0.15) is 4.90 Å². The van der Waals surface area contributed by atoms with Crippen LogP contribution in [0.1, 0.15) is 4.88 Å². The first kappa shape index (κ1) is 17.2. The first-order chi connectivity index (χ1) is 9.83. The van der Waals surface area contributed by atoms with Gasteiger partial charge in [0.15, 0.2) is 0 Å². The largest absolute Gasteiger partial charge is 0.315 e. The maximum Gasteiger partial charge on any atom is 0.263 e. The van der Waals surface area contributed by atoms with Crippen LogP contribution in [0.2, 0.25) is 5.02 Å². The van der Waals surface area contributed by atoms with Gasteiger partial charge in [0.2, 0.25) is 0 Å². The molecule has 1 aromatic carbocycles. The third kappa shape index (κ3) is 4.20. The molecule has 0 amide bonds. The Morgan fingerprint density at radius 3 is 2.67 bits per heavy atom. The summed E-state index contributed by atoms with van der Waals surface area (Å²) in [6.07, 6.45) is 0. The van der Waals surface area contributed by atoms with E-state index in [0.717, 1.165) is 9.35 Å². The Morgan fingerprint density at radius 1 is 1.29 bits per heavy atom. The van der Waals surface area contributed by atoms with Gasteiger partial charge < -0.3 is 5.32 Å². The van der Waals surface area contributed by atoms with Crippen molar-refractivity contribution in [2.75, 3.05) is 11.8 Å². The van der Waals surface area contributed by atoms with Crippen LogP contribution in [0, 0.1) is 0 Å². The van der Waals surface area contributed by atoms with Gasteiger partial charge in [-0.25, -0.2) is 8.42 Å². The zero-order valence-corrected chi connectivity index (χ0v) is 16.3. The molecule has 1 aromatic heterocycles. The highest BCUT2D eigenvalue weighted by Crippen LogP contribution is 2.34. The smallest absolute Gasteiger partial charge is 0.263 e. The van der Waals surface area contributed by atoms with Gasteiger partial charge in [-0.05, 0) is 47.2 Å². The van der Waals surface area contributed by atoms with Crippen LogP contribution in [-0.2, 0) is 16.6 Å². The van der Waals surface area contributed by atoms with Crippen molar-refractivity contribution in [1.82, 2.24) is 5.32 Å². The Bertz CT molecular complexity index is 763. The second kappa shape index (κ2) is 6.97. The molecule has 2 aromatic rings. The molecule has 0 spiro atoms. The van der Waals surface area contributed by atoms with Crippen LogP contribution in [0.4, 0.5) is 5.69 Å². The Labute approximate surface area is 149 Å². The summed E-state index contributed by atoms with van der Waals surface area (Å²) in [6, 6.07) is 6.62. The summed E-state index contributed by atoms with van der Waals surface area (Å²) >= 11 is 14.0. The summed E-state index contributed by atoms with van der Waals surface area (Å²) in [5, 5.41) is 3.33. The van der Waals surface area contributed by atoms with Crippen molar-refractivity contribution in [1.29, 1.82) is 0 Å². The number of sulfonamides is 1. The molecule has 0 saturated heterocycles. The van der Waals surface area contributed by atoms with Crippen molar-refractivity contribution in [3.63, 3.8) is 0 Å². The molecule has 2 rings (SSSR count). The van der Waals surface area contributed by atoms with E-state index in [9.17, 15) is 8.42 Å². The van der Waals surface area contributed by atoms with E-state index in [1.54, 1.807) is 31.3 Å². The average Bonchev–Trinajstić information content (AvgIpc) is 2.76. The quantitative estimate of drug-likeness (QED) is 0.673. The van der Waals surface area contributed by atoms with E-state index in [1.807, 2.05) is 0 Å². The van der Waals surface area contributed by atoms with E-state index in [-0.39, 0.29) is 4.90 Å². The van der Waals surface area contributed by atoms with Crippen molar-refractivity contribution in [2.24, 2.45) is 0 Å². The van der Waals surface area contributed by atoms with Crippen LogP contribution in [0.3, 0.4) is 0 Å². The van der Waals surface area contributed by atoms with Crippen LogP contribution >= 0.6 is 54.8 Å². The molecule has 21 heavy (non-hydrogen) atoms. The minimum Gasteiger partial charge on any atom is -0.315 e. The molecular weight excluding hydrogens is 464 g/mol. The highest BCUT2D eigenvalue weighted by Gasteiger charge is 2.22. The van der Waals surface area contributed by atoms with E-state index >= 15 is 0 Å². The zero-order valence-electron chi connectivity index (χ0n) is 10.8. The molecule has 0 atom stereocenters. The summed E-state index contributed by atoms with van der Waals surface area (Å²) in [5.74, 6) is 0. The fourth-order valence-corrected chi connectivity index (χ4v) is 5.97. The lowest BCUT2D eigenvalue weighted by Crippen LogP contribution is -2.13. The molecule has 0 fully saturated rings. The summed E-state index contributed by atoms with van der Waals surface area (Å²) in [6.45, 7) is 0.608. The second-order valence-corrected chi connectivity index (χ2v) is 9.54. The molecule has 0 bridgehead atoms. The van der Waals surface area contributed by atoms with Crippen molar-refractivity contribution in [2.45, 2.75) is 11.4 Å². The summed E-state index contributed by atoms with van der Waals surface area (Å²) in [7, 11) is -1.89. The molecule has 0 radical (unpaired) electrons. The fraction of sp³-hybridized carbons (Fsp3) is 0.167. The van der Waals surface area contributed by atoms with Crippen molar-refractivity contribution in [3.05, 3.63) is 42.4 Å². The summed E-state index contributed by atoms with van der Waals surface area (Å²) < 4.78 is 28.8. The number of hydrogen-bond acceptors (Lipinski definition) is 4. The number of hydrogen-bond donors (Lipinski definition) is 2. The molecule has 0 aliphatic heterocycles. The Kier molecular flexibility index (Phi) is 5.72. The number of thiophene rings is 1. The minimum absolute atomic E-state index is 0.203. The first-order valence-corrected chi connectivity index (χ1v) is 10.0. The third-order valence-electron chi connectivity index (χ3n) is 2.52. The van der Waals surface area contributed by atoms with Gasteiger partial charge in [-0.2, -0.15) is 0 Å². The molecule has 0 aliphatic rings. The van der Waals surface area contributed by atoms with Crippen LogP contribution in [0.5, 0.6) is 0 Å². The SMILES string of the molecule is CNCc1cc(S(=O)(=O)Nc2cc(Br)ccc2Cl)c(Br)s1. The molecule has 9 heteroatoms. The lowest BCUT2D eigenvalue weighted by Gasteiger charge is -2.09. The van der Waals surface area contributed by atoms with Gasteiger partial charge in [-0.1, -0.05) is 27.5 Å². The average molecular weight is 475 g/mol. The fourth-order valence-electron chi connectivity index (χ4n) is 1.62. The van der Waals surface area contributed by atoms with Crippen molar-refractivity contribution >= 4 is 70.5 Å². The lowest BCUT2D eigenvalue weighted by molar-refractivity contribution is 0.601. The lowest BCUT2D eigenvalue weighted by atomic mass is 10.3. The number of nitrogens with one attached hydrogen (secondary N) is 2. The third-order valence-corrected chi connectivity index (χ3v) is 6.96. The topological polar surface area (TPSA) is 58.2 Å². The van der Waals surface area contributed by atoms with Crippen LogP contribution in [0.15, 0.2) is 37.4 Å². The Hall–Kier alpha value is -0.120. The van der Waals surface area contributed by atoms with Gasteiger partial charge in [-0.15, -0.1) is 11.3 Å². The van der Waals surface area contributed by atoms with E-state index < -0.39 is 10.0 Å². The van der Waals surface area contributed by atoms with Gasteiger partial charge in [0, 0.05) is 15.9 Å². The van der Waals surface area contributed by atoms with Gasteiger partial charge in [-0.3, -0.25) is 4.72 Å². The number of benzene rings is 1. The van der Waals surface area contributed by atoms with Crippen LogP contribution in [0.25, 0.3) is 0 Å². The maximum absolute atomic E-state index is 12.5. The minimum atomic E-state index is -3.70. The molecule has 0 unspecified atom stereocenters. The van der Waals surface area contributed by atoms with Gasteiger partial charge in [0.05, 0.1) is 14.5 Å². The van der Waals surface area contributed by atoms with E-state index in [1.165, 1.54) is 11.3 Å². The van der Waals surface area contributed by atoms with Gasteiger partial charge in [0.25, 0.3) is 10.0 Å². The normalized spacial score (nSPS) is 11.6. The molecule has 114 valence electrons. The predicted octanol–water partition coefficient (Wildman–Crippen LogP) is 4.45. The van der Waals surface area contributed by atoms with E-state index in [2.05, 4.69) is 41.9 Å². The van der Waals surface area contributed by atoms with Crippen molar-refractivity contribution in [3.8, 4) is 0 Å². The molecule has 4 nitrogen and oxygen atoms in total. The number of rotatable bonds is 5. The van der Waals surface area contributed by atoms with Gasteiger partial charge >= 0.3 is 0 Å².